The van der Waals surface area contributed by atoms with Gasteiger partial charge in [-0.1, -0.05) is 6.92 Å². The molecule has 10 heteroatoms. The molecule has 1 fully saturated rings. The average molecular weight is 415 g/mol. The van der Waals surface area contributed by atoms with E-state index in [2.05, 4.69) is 30.2 Å². The van der Waals surface area contributed by atoms with Gasteiger partial charge in [0, 0.05) is 41.3 Å². The second-order valence-electron chi connectivity index (χ2n) is 6.79. The van der Waals surface area contributed by atoms with Gasteiger partial charge in [-0.2, -0.15) is 9.97 Å². The fraction of sp³-hybridized carbons (Fsp3) is 0.368. The topological polar surface area (TPSA) is 102 Å². The van der Waals surface area contributed by atoms with Crippen LogP contribution in [0.5, 0.6) is 0 Å². The number of halogens is 1. The van der Waals surface area contributed by atoms with Crippen molar-refractivity contribution in [3.8, 4) is 0 Å². The molecule has 4 heterocycles. The van der Waals surface area contributed by atoms with Crippen molar-refractivity contribution in [2.24, 2.45) is 0 Å². The van der Waals surface area contributed by atoms with Gasteiger partial charge in [0.2, 0.25) is 5.95 Å². The Morgan fingerprint density at radius 3 is 2.66 bits per heavy atom. The first kappa shape index (κ1) is 19.5. The number of nitrogens with one attached hydrogen (secondary N) is 1. The molecule has 0 saturated carbocycles. The molecule has 0 bridgehead atoms. The minimum absolute atomic E-state index is 0.172. The van der Waals surface area contributed by atoms with Gasteiger partial charge in [-0.15, -0.1) is 11.3 Å². The normalized spacial score (nSPS) is 15.3. The van der Waals surface area contributed by atoms with Crippen LogP contribution < -0.4 is 16.0 Å². The van der Waals surface area contributed by atoms with Crippen molar-refractivity contribution in [1.82, 2.24) is 19.9 Å². The first-order valence-corrected chi connectivity index (χ1v) is 10.1. The Kier molecular flexibility index (Phi) is 5.54. The van der Waals surface area contributed by atoms with Gasteiger partial charge in [0.05, 0.1) is 19.4 Å². The molecule has 8 nitrogen and oxygen atoms in total. The summed E-state index contributed by atoms with van der Waals surface area (Å²) < 4.78 is 18.9. The number of nitrogen functional groups attached to an aromatic ring is 1. The summed E-state index contributed by atoms with van der Waals surface area (Å²) in [5.41, 5.74) is 7.61. The SMILES string of the molecule is Cc1cnc(Nc2nc(N)nc(N3CCOCC3)c2[C@H](C)c2ccc(F)cn2)s1. The van der Waals surface area contributed by atoms with Crippen LogP contribution in [0.2, 0.25) is 0 Å². The van der Waals surface area contributed by atoms with Crippen molar-refractivity contribution in [2.75, 3.05) is 42.3 Å². The number of nitrogens with zero attached hydrogens (tertiary/aromatic N) is 5. The highest BCUT2D eigenvalue weighted by atomic mass is 32.1. The van der Waals surface area contributed by atoms with E-state index in [1.54, 1.807) is 12.3 Å². The second-order valence-corrected chi connectivity index (χ2v) is 8.03. The zero-order valence-electron chi connectivity index (χ0n) is 16.2. The number of ether oxygens (including phenoxy) is 1. The van der Waals surface area contributed by atoms with Crippen LogP contribution in [0, 0.1) is 12.7 Å². The monoisotopic (exact) mass is 415 g/mol. The molecule has 0 unspecified atom stereocenters. The fourth-order valence-electron chi connectivity index (χ4n) is 3.29. The van der Waals surface area contributed by atoms with Crippen LogP contribution in [0.1, 0.15) is 29.0 Å². The summed E-state index contributed by atoms with van der Waals surface area (Å²) >= 11 is 1.53. The molecule has 3 aromatic heterocycles. The fourth-order valence-corrected chi connectivity index (χ4v) is 3.95. The summed E-state index contributed by atoms with van der Waals surface area (Å²) in [6.07, 6.45) is 3.01. The van der Waals surface area contributed by atoms with Crippen LogP contribution in [0.25, 0.3) is 0 Å². The lowest BCUT2D eigenvalue weighted by atomic mass is 9.97. The number of rotatable bonds is 5. The van der Waals surface area contributed by atoms with Gasteiger partial charge >= 0.3 is 0 Å². The zero-order chi connectivity index (χ0) is 20.4. The molecule has 1 saturated heterocycles. The van der Waals surface area contributed by atoms with Gasteiger partial charge in [-0.05, 0) is 19.1 Å². The molecular formula is C19H22FN7OS. The van der Waals surface area contributed by atoms with Gasteiger partial charge < -0.3 is 20.7 Å². The van der Waals surface area contributed by atoms with E-state index < -0.39 is 0 Å². The van der Waals surface area contributed by atoms with Gasteiger partial charge in [-0.25, -0.2) is 9.37 Å². The Morgan fingerprint density at radius 1 is 1.21 bits per heavy atom. The van der Waals surface area contributed by atoms with Crippen molar-refractivity contribution in [1.29, 1.82) is 0 Å². The lowest BCUT2D eigenvalue weighted by Gasteiger charge is -2.31. The van der Waals surface area contributed by atoms with Crippen LogP contribution in [-0.4, -0.2) is 46.2 Å². The maximum atomic E-state index is 13.4. The van der Waals surface area contributed by atoms with E-state index in [0.29, 0.717) is 42.9 Å². The minimum atomic E-state index is -0.375. The summed E-state index contributed by atoms with van der Waals surface area (Å²) in [5.74, 6) is 0.907. The van der Waals surface area contributed by atoms with Crippen molar-refractivity contribution in [2.45, 2.75) is 19.8 Å². The molecule has 0 spiro atoms. The third kappa shape index (κ3) is 4.28. The standard InChI is InChI=1S/C19H22FN7OS/c1-11-9-23-19(29-11)25-16-15(12(2)14-4-3-13(20)10-22-14)17(26-18(21)24-16)27-5-7-28-8-6-27/h3-4,9-10,12H,5-8H2,1-2H3,(H3,21,23,24,25,26)/t12-/m1/s1. The molecule has 3 aromatic rings. The highest BCUT2D eigenvalue weighted by molar-refractivity contribution is 7.15. The largest absolute Gasteiger partial charge is 0.378 e. The van der Waals surface area contributed by atoms with Crippen molar-refractivity contribution in [3.63, 3.8) is 0 Å². The average Bonchev–Trinajstić information content (AvgIpc) is 3.13. The number of hydrogen-bond acceptors (Lipinski definition) is 9. The molecule has 3 N–H and O–H groups in total. The molecule has 0 aromatic carbocycles. The van der Waals surface area contributed by atoms with Crippen molar-refractivity contribution >= 4 is 34.1 Å². The number of aryl methyl sites for hydroxylation is 1. The van der Waals surface area contributed by atoms with E-state index in [1.165, 1.54) is 23.6 Å². The Hall–Kier alpha value is -2.85. The predicted octanol–water partition coefficient (Wildman–Crippen LogP) is 3.09. The molecule has 1 aliphatic heterocycles. The highest BCUT2D eigenvalue weighted by Gasteiger charge is 2.26. The quantitative estimate of drug-likeness (QED) is 0.655. The maximum Gasteiger partial charge on any atom is 0.223 e. The number of anilines is 4. The third-order valence-electron chi connectivity index (χ3n) is 4.73. The second kappa shape index (κ2) is 8.26. The molecule has 29 heavy (non-hydrogen) atoms. The molecule has 1 aliphatic rings. The van der Waals surface area contributed by atoms with Gasteiger partial charge in [-0.3, -0.25) is 4.98 Å². The summed E-state index contributed by atoms with van der Waals surface area (Å²) in [7, 11) is 0. The van der Waals surface area contributed by atoms with E-state index in [1.807, 2.05) is 13.8 Å². The summed E-state index contributed by atoms with van der Waals surface area (Å²) in [5, 5.41) is 4.01. The Bertz CT molecular complexity index is 989. The van der Waals surface area contributed by atoms with Crippen LogP contribution in [0.3, 0.4) is 0 Å². The van der Waals surface area contributed by atoms with Gasteiger partial charge in [0.15, 0.2) is 5.13 Å². The highest BCUT2D eigenvalue weighted by Crippen LogP contribution is 2.37. The van der Waals surface area contributed by atoms with E-state index in [9.17, 15) is 4.39 Å². The predicted molar refractivity (Wildman–Crippen MR) is 111 cm³/mol. The molecule has 4 rings (SSSR count). The number of nitrogens with two attached hydrogens (primary N) is 1. The zero-order valence-corrected chi connectivity index (χ0v) is 17.0. The molecule has 1 atom stereocenters. The lowest BCUT2D eigenvalue weighted by Crippen LogP contribution is -2.38. The molecule has 152 valence electrons. The Morgan fingerprint density at radius 2 is 2.00 bits per heavy atom. The number of hydrogen-bond donors (Lipinski definition) is 2. The first-order valence-electron chi connectivity index (χ1n) is 9.32. The Labute approximate surface area is 172 Å². The third-order valence-corrected chi connectivity index (χ3v) is 5.56. The van der Waals surface area contributed by atoms with Crippen LogP contribution in [0.4, 0.5) is 27.1 Å². The molecule has 0 radical (unpaired) electrons. The van der Waals surface area contributed by atoms with E-state index in [4.69, 9.17) is 10.5 Å². The summed E-state index contributed by atoms with van der Waals surface area (Å²) in [6.45, 7) is 6.60. The van der Waals surface area contributed by atoms with Crippen molar-refractivity contribution in [3.05, 3.63) is 46.5 Å². The first-order chi connectivity index (χ1) is 14.0. The number of thiazole rings is 1. The van der Waals surface area contributed by atoms with Crippen LogP contribution in [0.15, 0.2) is 24.5 Å². The van der Waals surface area contributed by atoms with Crippen molar-refractivity contribution < 1.29 is 9.13 Å². The van der Waals surface area contributed by atoms with Gasteiger partial charge in [0.1, 0.15) is 17.5 Å². The van der Waals surface area contributed by atoms with E-state index >= 15 is 0 Å². The van der Waals surface area contributed by atoms with E-state index in [0.717, 1.165) is 16.3 Å². The minimum Gasteiger partial charge on any atom is -0.378 e. The number of aromatic nitrogens is 4. The molecular weight excluding hydrogens is 393 g/mol. The van der Waals surface area contributed by atoms with Crippen LogP contribution in [-0.2, 0) is 4.74 Å². The van der Waals surface area contributed by atoms with Crippen LogP contribution >= 0.6 is 11.3 Å². The Balaban J connectivity index is 1.82. The van der Waals surface area contributed by atoms with Gasteiger partial charge in [0.25, 0.3) is 0 Å². The number of pyridine rings is 1. The number of morpholine rings is 1. The van der Waals surface area contributed by atoms with E-state index in [-0.39, 0.29) is 17.7 Å². The molecule has 0 aliphatic carbocycles. The molecule has 0 amide bonds. The summed E-state index contributed by atoms with van der Waals surface area (Å²) in [6, 6.07) is 3.08. The lowest BCUT2D eigenvalue weighted by molar-refractivity contribution is 0.122. The smallest absolute Gasteiger partial charge is 0.223 e. The summed E-state index contributed by atoms with van der Waals surface area (Å²) in [4.78, 5) is 20.9. The maximum absolute atomic E-state index is 13.4.